The normalized spacial score (nSPS) is 11.0. The number of carbonyl (C=O) groups excluding carboxylic acids is 1. The number of nitrogens with zero attached hydrogens (tertiary/aromatic N) is 2. The largest absolute Gasteiger partial charge is 0.361 e. The van der Waals surface area contributed by atoms with Crippen molar-refractivity contribution in [3.63, 3.8) is 0 Å². The predicted octanol–water partition coefficient (Wildman–Crippen LogP) is 3.16. The second kappa shape index (κ2) is 7.39. The minimum absolute atomic E-state index is 0.0189. The van der Waals surface area contributed by atoms with Gasteiger partial charge in [-0.2, -0.15) is 5.10 Å². The molecular weight excluding hydrogens is 320 g/mol. The van der Waals surface area contributed by atoms with Crippen molar-refractivity contribution in [1.29, 1.82) is 0 Å². The van der Waals surface area contributed by atoms with Crippen LogP contribution in [0.4, 0.5) is 5.69 Å². The molecule has 0 radical (unpaired) electrons. The molecule has 3 aromatic rings. The maximum absolute atomic E-state index is 11.9. The minimum atomic E-state index is -0.475. The van der Waals surface area contributed by atoms with Crippen LogP contribution >= 0.6 is 0 Å². The Kier molecular flexibility index (Phi) is 4.84. The van der Waals surface area contributed by atoms with E-state index in [4.69, 9.17) is 0 Å². The molecule has 2 N–H and O–H groups in total. The standard InChI is InChI=1S/C18H16N4O3/c23-18(9-8-14-12-19-17-7-2-1-6-16(14)17)21-20-11-13-4-3-5-15(10-13)22(24)25/h1-7,10-12,19H,8-9H2,(H,21,23). The summed E-state index contributed by atoms with van der Waals surface area (Å²) in [6.45, 7) is 0. The number of nitrogens with one attached hydrogen (secondary N) is 2. The SMILES string of the molecule is O=C(CCc1c[nH]c2ccccc12)NN=Cc1cccc([N+](=O)[O-])c1. The van der Waals surface area contributed by atoms with Gasteiger partial charge in [-0.15, -0.1) is 0 Å². The summed E-state index contributed by atoms with van der Waals surface area (Å²) in [5.74, 6) is -0.216. The molecule has 0 bridgehead atoms. The van der Waals surface area contributed by atoms with E-state index in [1.165, 1.54) is 18.3 Å². The highest BCUT2D eigenvalue weighted by Gasteiger charge is 2.06. The van der Waals surface area contributed by atoms with E-state index in [9.17, 15) is 14.9 Å². The zero-order valence-electron chi connectivity index (χ0n) is 13.3. The summed E-state index contributed by atoms with van der Waals surface area (Å²) < 4.78 is 0. The molecule has 0 unspecified atom stereocenters. The van der Waals surface area contributed by atoms with Crippen LogP contribution in [0, 0.1) is 10.1 Å². The van der Waals surface area contributed by atoms with Gasteiger partial charge < -0.3 is 4.98 Å². The molecule has 0 atom stereocenters. The fraction of sp³-hybridized carbons (Fsp3) is 0.111. The van der Waals surface area contributed by atoms with Crippen molar-refractivity contribution < 1.29 is 9.72 Å². The highest BCUT2D eigenvalue weighted by Crippen LogP contribution is 2.18. The van der Waals surface area contributed by atoms with Crippen molar-refractivity contribution in [1.82, 2.24) is 10.4 Å². The average Bonchev–Trinajstić information content (AvgIpc) is 3.03. The van der Waals surface area contributed by atoms with Crippen LogP contribution in [0.1, 0.15) is 17.5 Å². The van der Waals surface area contributed by atoms with Gasteiger partial charge in [0.2, 0.25) is 5.91 Å². The lowest BCUT2D eigenvalue weighted by molar-refractivity contribution is -0.384. The summed E-state index contributed by atoms with van der Waals surface area (Å²) in [4.78, 5) is 25.3. The molecule has 7 nitrogen and oxygen atoms in total. The first kappa shape index (κ1) is 16.4. The summed E-state index contributed by atoms with van der Waals surface area (Å²) in [6, 6.07) is 14.0. The molecular formula is C18H16N4O3. The Labute approximate surface area is 143 Å². The highest BCUT2D eigenvalue weighted by atomic mass is 16.6. The number of nitro groups is 1. The summed E-state index contributed by atoms with van der Waals surface area (Å²) in [5, 5.41) is 15.7. The fourth-order valence-electron chi connectivity index (χ4n) is 2.54. The number of nitro benzene ring substituents is 1. The molecule has 0 fully saturated rings. The van der Waals surface area contributed by atoms with Crippen molar-refractivity contribution in [2.24, 2.45) is 5.10 Å². The van der Waals surface area contributed by atoms with Gasteiger partial charge in [0.25, 0.3) is 5.69 Å². The third-order valence-electron chi connectivity index (χ3n) is 3.78. The Hall–Kier alpha value is -3.48. The van der Waals surface area contributed by atoms with Gasteiger partial charge >= 0.3 is 0 Å². The van der Waals surface area contributed by atoms with Gasteiger partial charge in [0.05, 0.1) is 11.1 Å². The number of carbonyl (C=O) groups is 1. The number of hydrogen-bond acceptors (Lipinski definition) is 4. The van der Waals surface area contributed by atoms with Crippen molar-refractivity contribution in [3.05, 3.63) is 76.0 Å². The van der Waals surface area contributed by atoms with Gasteiger partial charge in [-0.25, -0.2) is 5.43 Å². The molecule has 0 saturated carbocycles. The lowest BCUT2D eigenvalue weighted by Crippen LogP contribution is -2.17. The van der Waals surface area contributed by atoms with E-state index < -0.39 is 4.92 Å². The molecule has 0 spiro atoms. The molecule has 126 valence electrons. The van der Waals surface area contributed by atoms with Gasteiger partial charge in [-0.1, -0.05) is 30.3 Å². The number of hydrazone groups is 1. The number of rotatable bonds is 6. The minimum Gasteiger partial charge on any atom is -0.361 e. The Bertz CT molecular complexity index is 946. The zero-order valence-corrected chi connectivity index (χ0v) is 13.3. The van der Waals surface area contributed by atoms with Crippen LogP contribution in [0.25, 0.3) is 10.9 Å². The third kappa shape index (κ3) is 4.08. The molecule has 25 heavy (non-hydrogen) atoms. The number of para-hydroxylation sites is 1. The van der Waals surface area contributed by atoms with Crippen LogP contribution in [0.2, 0.25) is 0 Å². The first-order chi connectivity index (χ1) is 12.1. The second-order valence-electron chi connectivity index (χ2n) is 5.50. The molecule has 1 heterocycles. The molecule has 1 aromatic heterocycles. The molecule has 1 amide bonds. The Morgan fingerprint density at radius 2 is 2.08 bits per heavy atom. The van der Waals surface area contributed by atoms with Gasteiger partial charge in [-0.05, 0) is 18.1 Å². The van der Waals surface area contributed by atoms with Gasteiger partial charge in [0.15, 0.2) is 0 Å². The number of benzene rings is 2. The van der Waals surface area contributed by atoms with E-state index in [2.05, 4.69) is 15.5 Å². The number of fused-ring (bicyclic) bond motifs is 1. The van der Waals surface area contributed by atoms with Crippen LogP contribution in [-0.2, 0) is 11.2 Å². The first-order valence-corrected chi connectivity index (χ1v) is 7.75. The lowest BCUT2D eigenvalue weighted by atomic mass is 10.1. The fourth-order valence-corrected chi connectivity index (χ4v) is 2.54. The molecule has 0 aliphatic heterocycles. The van der Waals surface area contributed by atoms with Crippen molar-refractivity contribution in [2.45, 2.75) is 12.8 Å². The zero-order chi connectivity index (χ0) is 17.6. The van der Waals surface area contributed by atoms with E-state index in [1.807, 2.05) is 30.5 Å². The van der Waals surface area contributed by atoms with Crippen LogP contribution < -0.4 is 5.43 Å². The number of aryl methyl sites for hydroxylation is 1. The number of hydrogen-bond donors (Lipinski definition) is 2. The number of amides is 1. The van der Waals surface area contributed by atoms with Crippen molar-refractivity contribution >= 4 is 28.7 Å². The molecule has 7 heteroatoms. The van der Waals surface area contributed by atoms with Crippen LogP contribution in [0.15, 0.2) is 59.8 Å². The maximum atomic E-state index is 11.9. The van der Waals surface area contributed by atoms with E-state index >= 15 is 0 Å². The van der Waals surface area contributed by atoms with E-state index in [-0.39, 0.29) is 11.6 Å². The third-order valence-corrected chi connectivity index (χ3v) is 3.78. The number of aromatic amines is 1. The molecule has 3 rings (SSSR count). The summed E-state index contributed by atoms with van der Waals surface area (Å²) in [5.41, 5.74) is 5.09. The quantitative estimate of drug-likeness (QED) is 0.411. The topological polar surface area (TPSA) is 100 Å². The lowest BCUT2D eigenvalue weighted by Gasteiger charge is -2.00. The average molecular weight is 336 g/mol. The van der Waals surface area contributed by atoms with Gasteiger partial charge in [0, 0.05) is 41.2 Å². The predicted molar refractivity (Wildman–Crippen MR) is 95.5 cm³/mol. The molecule has 0 saturated heterocycles. The van der Waals surface area contributed by atoms with E-state index in [1.54, 1.807) is 12.1 Å². The molecule has 2 aromatic carbocycles. The van der Waals surface area contributed by atoms with Crippen molar-refractivity contribution in [3.8, 4) is 0 Å². The first-order valence-electron chi connectivity index (χ1n) is 7.75. The number of aromatic nitrogens is 1. The molecule has 0 aliphatic carbocycles. The van der Waals surface area contributed by atoms with Crippen LogP contribution in [0.5, 0.6) is 0 Å². The maximum Gasteiger partial charge on any atom is 0.270 e. The van der Waals surface area contributed by atoms with E-state index in [0.717, 1.165) is 16.5 Å². The van der Waals surface area contributed by atoms with Crippen LogP contribution in [-0.4, -0.2) is 22.0 Å². The smallest absolute Gasteiger partial charge is 0.270 e. The van der Waals surface area contributed by atoms with Gasteiger partial charge in [0.1, 0.15) is 0 Å². The monoisotopic (exact) mass is 336 g/mol. The molecule has 0 aliphatic rings. The summed E-state index contributed by atoms with van der Waals surface area (Å²) in [7, 11) is 0. The Balaban J connectivity index is 1.54. The van der Waals surface area contributed by atoms with Gasteiger partial charge in [-0.3, -0.25) is 14.9 Å². The Morgan fingerprint density at radius 3 is 2.92 bits per heavy atom. The Morgan fingerprint density at radius 1 is 1.24 bits per heavy atom. The highest BCUT2D eigenvalue weighted by molar-refractivity contribution is 5.85. The van der Waals surface area contributed by atoms with E-state index in [0.29, 0.717) is 18.4 Å². The number of non-ortho nitro benzene ring substituents is 1. The van der Waals surface area contributed by atoms with Crippen molar-refractivity contribution in [2.75, 3.05) is 0 Å². The number of H-pyrrole nitrogens is 1. The van der Waals surface area contributed by atoms with Crippen LogP contribution in [0.3, 0.4) is 0 Å². The summed E-state index contributed by atoms with van der Waals surface area (Å²) in [6.07, 6.45) is 4.19. The summed E-state index contributed by atoms with van der Waals surface area (Å²) >= 11 is 0. The second-order valence-corrected chi connectivity index (χ2v) is 5.50.